The molecule has 152 valence electrons. The molecule has 0 unspecified atom stereocenters. The zero-order chi connectivity index (χ0) is 20.9. The van der Waals surface area contributed by atoms with Crippen LogP contribution in [0, 0.1) is 0 Å². The van der Waals surface area contributed by atoms with Gasteiger partial charge in [-0.3, -0.25) is 4.79 Å². The normalized spacial score (nSPS) is 11.2. The fraction of sp³-hybridized carbons (Fsp3) is 0.167. The van der Waals surface area contributed by atoms with Crippen LogP contribution in [0.15, 0.2) is 52.9 Å². The number of halogens is 3. The van der Waals surface area contributed by atoms with Crippen LogP contribution in [0.1, 0.15) is 12.5 Å². The van der Waals surface area contributed by atoms with E-state index in [1.807, 2.05) is 6.07 Å². The highest BCUT2D eigenvalue weighted by molar-refractivity contribution is 8.00. The summed E-state index contributed by atoms with van der Waals surface area (Å²) in [5.74, 6) is 0.115. The van der Waals surface area contributed by atoms with Crippen molar-refractivity contribution in [2.45, 2.75) is 23.4 Å². The van der Waals surface area contributed by atoms with Gasteiger partial charge in [0.05, 0.1) is 0 Å². The molecule has 2 N–H and O–H groups in total. The summed E-state index contributed by atoms with van der Waals surface area (Å²) in [6.07, 6.45) is -4.70. The number of anilines is 3. The van der Waals surface area contributed by atoms with Crippen LogP contribution >= 0.6 is 23.1 Å². The zero-order valence-corrected chi connectivity index (χ0v) is 16.6. The van der Waals surface area contributed by atoms with E-state index < -0.39 is 6.36 Å². The Hall–Kier alpha value is -2.79. The van der Waals surface area contributed by atoms with Gasteiger partial charge in [0, 0.05) is 24.1 Å². The maximum absolute atomic E-state index is 12.2. The smallest absolute Gasteiger partial charge is 0.406 e. The van der Waals surface area contributed by atoms with Gasteiger partial charge in [-0.25, -0.2) is 0 Å². The molecule has 0 bridgehead atoms. The molecule has 1 heterocycles. The first-order chi connectivity index (χ1) is 13.8. The Balaban J connectivity index is 1.55. The van der Waals surface area contributed by atoms with E-state index in [9.17, 15) is 18.0 Å². The highest BCUT2D eigenvalue weighted by Crippen LogP contribution is 2.31. The lowest BCUT2D eigenvalue weighted by Crippen LogP contribution is -2.16. The van der Waals surface area contributed by atoms with Crippen molar-refractivity contribution in [3.05, 3.63) is 54.1 Å². The average molecular weight is 440 g/mol. The van der Waals surface area contributed by atoms with Crippen LogP contribution in [-0.4, -0.2) is 22.5 Å². The average Bonchev–Trinajstić information content (AvgIpc) is 3.07. The zero-order valence-electron chi connectivity index (χ0n) is 15.0. The lowest BCUT2D eigenvalue weighted by atomic mass is 10.2. The molecule has 0 spiro atoms. The summed E-state index contributed by atoms with van der Waals surface area (Å²) in [5, 5.41) is 14.6. The molecule has 3 rings (SSSR count). The van der Waals surface area contributed by atoms with E-state index in [-0.39, 0.29) is 11.7 Å². The molecule has 0 saturated carbocycles. The largest absolute Gasteiger partial charge is 0.573 e. The van der Waals surface area contributed by atoms with E-state index in [1.165, 1.54) is 42.2 Å². The minimum absolute atomic E-state index is 0.158. The summed E-state index contributed by atoms with van der Waals surface area (Å²) < 4.78 is 41.1. The van der Waals surface area contributed by atoms with Crippen LogP contribution < -0.4 is 15.4 Å². The first kappa shape index (κ1) is 20.9. The second-order valence-electron chi connectivity index (χ2n) is 5.74. The Morgan fingerprint density at radius 2 is 1.86 bits per heavy atom. The lowest BCUT2D eigenvalue weighted by molar-refractivity contribution is -0.274. The SMILES string of the molecule is CC(=O)Nc1cccc(Nc2nnc(SCc3ccc(OC(F)(F)F)cc3)s2)c1. The number of ether oxygens (including phenoxy) is 1. The Labute approximate surface area is 172 Å². The van der Waals surface area contributed by atoms with Crippen LogP contribution in [0.3, 0.4) is 0 Å². The summed E-state index contributed by atoms with van der Waals surface area (Å²) in [6, 6.07) is 12.9. The monoisotopic (exact) mass is 440 g/mol. The molecule has 0 atom stereocenters. The van der Waals surface area contributed by atoms with Gasteiger partial charge in [-0.15, -0.1) is 23.4 Å². The third-order valence-electron chi connectivity index (χ3n) is 3.36. The lowest BCUT2D eigenvalue weighted by Gasteiger charge is -2.08. The van der Waals surface area contributed by atoms with Crippen molar-refractivity contribution >= 4 is 45.5 Å². The highest BCUT2D eigenvalue weighted by atomic mass is 32.2. The minimum Gasteiger partial charge on any atom is -0.406 e. The second-order valence-corrected chi connectivity index (χ2v) is 7.94. The van der Waals surface area contributed by atoms with Crippen LogP contribution in [0.2, 0.25) is 0 Å². The van der Waals surface area contributed by atoms with E-state index in [4.69, 9.17) is 0 Å². The fourth-order valence-corrected chi connectivity index (χ4v) is 3.98. The van der Waals surface area contributed by atoms with Gasteiger partial charge in [0.1, 0.15) is 5.75 Å². The molecule has 0 aliphatic carbocycles. The number of thioether (sulfide) groups is 1. The number of hydrogen-bond acceptors (Lipinski definition) is 7. The second kappa shape index (κ2) is 9.14. The Morgan fingerprint density at radius 1 is 1.14 bits per heavy atom. The van der Waals surface area contributed by atoms with Crippen molar-refractivity contribution in [2.24, 2.45) is 0 Å². The number of nitrogens with zero attached hydrogens (tertiary/aromatic N) is 2. The number of carbonyl (C=O) groups excluding carboxylic acids is 1. The van der Waals surface area contributed by atoms with Crippen molar-refractivity contribution in [3.8, 4) is 5.75 Å². The maximum atomic E-state index is 12.2. The first-order valence-electron chi connectivity index (χ1n) is 8.22. The summed E-state index contributed by atoms with van der Waals surface area (Å²) in [7, 11) is 0. The number of carbonyl (C=O) groups is 1. The van der Waals surface area contributed by atoms with Gasteiger partial charge in [-0.2, -0.15) is 0 Å². The molecule has 0 fully saturated rings. The third kappa shape index (κ3) is 6.95. The number of rotatable bonds is 7. The standard InChI is InChI=1S/C18H15F3N4O2S2/c1-11(26)22-13-3-2-4-14(9-13)23-16-24-25-17(29-16)28-10-12-5-7-15(8-6-12)27-18(19,20)21/h2-9H,10H2,1H3,(H,22,26)(H,23,24). The van der Waals surface area contributed by atoms with Gasteiger partial charge < -0.3 is 15.4 Å². The Kier molecular flexibility index (Phi) is 6.60. The van der Waals surface area contributed by atoms with E-state index >= 15 is 0 Å². The minimum atomic E-state index is -4.70. The maximum Gasteiger partial charge on any atom is 0.573 e. The molecular formula is C18H15F3N4O2S2. The third-order valence-corrected chi connectivity index (χ3v) is 5.40. The number of aromatic nitrogens is 2. The van der Waals surface area contributed by atoms with E-state index in [1.54, 1.807) is 30.3 Å². The Bertz CT molecular complexity index is 978. The van der Waals surface area contributed by atoms with E-state index in [0.29, 0.717) is 20.9 Å². The Morgan fingerprint density at radius 3 is 2.55 bits per heavy atom. The molecule has 0 radical (unpaired) electrons. The van der Waals surface area contributed by atoms with Crippen LogP contribution in [0.4, 0.5) is 29.7 Å². The van der Waals surface area contributed by atoms with Crippen molar-refractivity contribution in [1.29, 1.82) is 0 Å². The van der Waals surface area contributed by atoms with E-state index in [2.05, 4.69) is 25.6 Å². The van der Waals surface area contributed by atoms with E-state index in [0.717, 1.165) is 11.3 Å². The number of benzene rings is 2. The molecule has 11 heteroatoms. The quantitative estimate of drug-likeness (QED) is 0.477. The molecular weight excluding hydrogens is 425 g/mol. The molecule has 0 saturated heterocycles. The topological polar surface area (TPSA) is 76.1 Å². The van der Waals surface area contributed by atoms with Gasteiger partial charge in [0.15, 0.2) is 4.34 Å². The molecule has 29 heavy (non-hydrogen) atoms. The van der Waals surface area contributed by atoms with Gasteiger partial charge in [-0.1, -0.05) is 41.3 Å². The molecule has 1 amide bonds. The van der Waals surface area contributed by atoms with Gasteiger partial charge in [0.2, 0.25) is 11.0 Å². The van der Waals surface area contributed by atoms with Gasteiger partial charge >= 0.3 is 6.36 Å². The molecule has 6 nitrogen and oxygen atoms in total. The van der Waals surface area contributed by atoms with Crippen molar-refractivity contribution in [1.82, 2.24) is 10.2 Å². The molecule has 1 aromatic heterocycles. The summed E-state index contributed by atoms with van der Waals surface area (Å²) >= 11 is 2.77. The summed E-state index contributed by atoms with van der Waals surface area (Å²) in [6.45, 7) is 1.44. The molecule has 3 aromatic rings. The van der Waals surface area contributed by atoms with Crippen LogP contribution in [-0.2, 0) is 10.5 Å². The molecule has 0 aliphatic rings. The highest BCUT2D eigenvalue weighted by Gasteiger charge is 2.30. The number of alkyl halides is 3. The summed E-state index contributed by atoms with van der Waals surface area (Å²) in [4.78, 5) is 11.1. The molecule has 2 aromatic carbocycles. The fourth-order valence-electron chi connectivity index (χ4n) is 2.25. The number of amides is 1. The number of nitrogens with one attached hydrogen (secondary N) is 2. The predicted octanol–water partition coefficient (Wildman–Crippen LogP) is 5.43. The predicted molar refractivity (Wildman–Crippen MR) is 107 cm³/mol. The summed E-state index contributed by atoms with van der Waals surface area (Å²) in [5.41, 5.74) is 2.25. The van der Waals surface area contributed by atoms with Crippen molar-refractivity contribution < 1.29 is 22.7 Å². The van der Waals surface area contributed by atoms with Crippen molar-refractivity contribution in [2.75, 3.05) is 10.6 Å². The number of hydrogen-bond donors (Lipinski definition) is 2. The molecule has 0 aliphatic heterocycles. The van der Waals surface area contributed by atoms with Gasteiger partial charge in [-0.05, 0) is 35.9 Å². The van der Waals surface area contributed by atoms with Crippen LogP contribution in [0.25, 0.3) is 0 Å². The van der Waals surface area contributed by atoms with Crippen LogP contribution in [0.5, 0.6) is 5.75 Å². The van der Waals surface area contributed by atoms with Gasteiger partial charge in [0.25, 0.3) is 0 Å². The first-order valence-corrected chi connectivity index (χ1v) is 10.0. The van der Waals surface area contributed by atoms with Crippen molar-refractivity contribution in [3.63, 3.8) is 0 Å².